The van der Waals surface area contributed by atoms with E-state index in [1.165, 1.54) is 0 Å². The van der Waals surface area contributed by atoms with Gasteiger partial charge in [-0.05, 0) is 36.6 Å². The Kier molecular flexibility index (Phi) is 4.16. The number of hydrogen-bond acceptors (Lipinski definition) is 2. The molecule has 2 aromatic rings. The van der Waals surface area contributed by atoms with Gasteiger partial charge in [0.25, 0.3) is 0 Å². The molecule has 0 aliphatic carbocycles. The van der Waals surface area contributed by atoms with Crippen molar-refractivity contribution in [1.29, 1.82) is 0 Å². The summed E-state index contributed by atoms with van der Waals surface area (Å²) in [4.78, 5) is 3.85. The average Bonchev–Trinajstić information content (AvgIpc) is 2.43. The fraction of sp³-hybridized carbons (Fsp3) is 0.214. The number of hydrogen-bond donors (Lipinski definition) is 1. The maximum absolute atomic E-state index is 13.5. The summed E-state index contributed by atoms with van der Waals surface area (Å²) in [5.41, 5.74) is 0.699. The molecule has 0 saturated heterocycles. The highest BCUT2D eigenvalue weighted by molar-refractivity contribution is 5.23. The fourth-order valence-electron chi connectivity index (χ4n) is 1.81. The number of aliphatic hydroxyl groups is 1. The molecule has 1 N–H and O–H groups in total. The lowest BCUT2D eigenvalue weighted by Gasteiger charge is -2.12. The second-order valence-corrected chi connectivity index (χ2v) is 4.17. The smallest absolute Gasteiger partial charge is 0.194 e. The highest BCUT2D eigenvalue weighted by atomic mass is 19.2. The highest BCUT2D eigenvalue weighted by Crippen LogP contribution is 2.24. The third kappa shape index (κ3) is 3.12. The summed E-state index contributed by atoms with van der Waals surface area (Å²) in [6, 6.07) is 5.41. The van der Waals surface area contributed by atoms with Crippen LogP contribution in [0.4, 0.5) is 13.2 Å². The molecule has 1 aromatic carbocycles. The summed E-state index contributed by atoms with van der Waals surface area (Å²) < 4.78 is 39.3. The molecular weight excluding hydrogens is 255 g/mol. The molecule has 0 bridgehead atoms. The molecule has 0 aliphatic rings. The van der Waals surface area contributed by atoms with Crippen LogP contribution in [0.2, 0.25) is 0 Å². The lowest BCUT2D eigenvalue weighted by atomic mass is 10.0. The third-order valence-corrected chi connectivity index (χ3v) is 2.88. The summed E-state index contributed by atoms with van der Waals surface area (Å²) in [6.07, 6.45) is 2.75. The van der Waals surface area contributed by atoms with E-state index in [9.17, 15) is 18.3 Å². The van der Waals surface area contributed by atoms with Crippen molar-refractivity contribution < 1.29 is 18.3 Å². The van der Waals surface area contributed by atoms with Crippen molar-refractivity contribution in [3.63, 3.8) is 0 Å². The fourth-order valence-corrected chi connectivity index (χ4v) is 1.81. The maximum atomic E-state index is 13.5. The number of pyridine rings is 1. The molecule has 100 valence electrons. The molecule has 1 aromatic heterocycles. The van der Waals surface area contributed by atoms with E-state index >= 15 is 0 Å². The van der Waals surface area contributed by atoms with Gasteiger partial charge in [-0.15, -0.1) is 0 Å². The second kappa shape index (κ2) is 5.84. The minimum atomic E-state index is -1.56. The standard InChI is InChI=1S/C14H12F3NO/c15-11-3-2-10(13(16)14(11)17)12(19)4-1-9-5-7-18-8-6-9/h2-3,5-8,12,19H,1,4H2. The number of benzene rings is 1. The van der Waals surface area contributed by atoms with Gasteiger partial charge < -0.3 is 5.11 Å². The van der Waals surface area contributed by atoms with E-state index in [0.29, 0.717) is 6.42 Å². The van der Waals surface area contributed by atoms with Crippen LogP contribution in [0.1, 0.15) is 23.7 Å². The van der Waals surface area contributed by atoms with Crippen molar-refractivity contribution in [3.8, 4) is 0 Å². The summed E-state index contributed by atoms with van der Waals surface area (Å²) in [5.74, 6) is -4.15. The zero-order valence-corrected chi connectivity index (χ0v) is 9.98. The minimum Gasteiger partial charge on any atom is -0.388 e. The SMILES string of the molecule is OC(CCc1ccncc1)c1ccc(F)c(F)c1F. The first-order valence-electron chi connectivity index (χ1n) is 5.80. The van der Waals surface area contributed by atoms with Crippen LogP contribution in [0.25, 0.3) is 0 Å². The Bertz CT molecular complexity index is 560. The molecule has 1 heterocycles. The lowest BCUT2D eigenvalue weighted by Crippen LogP contribution is -2.05. The van der Waals surface area contributed by atoms with Crippen molar-refractivity contribution in [3.05, 3.63) is 65.2 Å². The number of nitrogens with zero attached hydrogens (tertiary/aromatic N) is 1. The number of rotatable bonds is 4. The van der Waals surface area contributed by atoms with E-state index < -0.39 is 23.6 Å². The van der Waals surface area contributed by atoms with Crippen molar-refractivity contribution in [2.75, 3.05) is 0 Å². The van der Waals surface area contributed by atoms with Gasteiger partial charge in [-0.1, -0.05) is 6.07 Å². The topological polar surface area (TPSA) is 33.1 Å². The molecule has 0 radical (unpaired) electrons. The largest absolute Gasteiger partial charge is 0.388 e. The van der Waals surface area contributed by atoms with Gasteiger partial charge in [0.1, 0.15) is 0 Å². The zero-order valence-electron chi connectivity index (χ0n) is 9.98. The Morgan fingerprint density at radius 3 is 2.37 bits per heavy atom. The molecule has 19 heavy (non-hydrogen) atoms. The first-order chi connectivity index (χ1) is 9.09. The second-order valence-electron chi connectivity index (χ2n) is 4.17. The van der Waals surface area contributed by atoms with Crippen molar-refractivity contribution in [2.45, 2.75) is 18.9 Å². The van der Waals surface area contributed by atoms with Crippen LogP contribution in [0.15, 0.2) is 36.7 Å². The monoisotopic (exact) mass is 267 g/mol. The van der Waals surface area contributed by atoms with Gasteiger partial charge in [0.2, 0.25) is 0 Å². The van der Waals surface area contributed by atoms with Crippen LogP contribution in [-0.4, -0.2) is 10.1 Å². The zero-order chi connectivity index (χ0) is 13.8. The van der Waals surface area contributed by atoms with Crippen LogP contribution in [0, 0.1) is 17.5 Å². The molecule has 0 aliphatic heterocycles. The van der Waals surface area contributed by atoms with Gasteiger partial charge in [-0.2, -0.15) is 0 Å². The van der Waals surface area contributed by atoms with E-state index in [1.54, 1.807) is 24.5 Å². The highest BCUT2D eigenvalue weighted by Gasteiger charge is 2.18. The van der Waals surface area contributed by atoms with Crippen molar-refractivity contribution in [1.82, 2.24) is 4.98 Å². The van der Waals surface area contributed by atoms with Gasteiger partial charge in [0.15, 0.2) is 17.5 Å². The molecule has 2 rings (SSSR count). The summed E-state index contributed by atoms with van der Waals surface area (Å²) in [6.45, 7) is 0. The molecule has 0 spiro atoms. The average molecular weight is 267 g/mol. The third-order valence-electron chi connectivity index (χ3n) is 2.88. The van der Waals surface area contributed by atoms with Crippen LogP contribution < -0.4 is 0 Å². The Labute approximate surface area is 108 Å². The van der Waals surface area contributed by atoms with Gasteiger partial charge in [-0.3, -0.25) is 4.98 Å². The molecule has 1 atom stereocenters. The van der Waals surface area contributed by atoms with Crippen molar-refractivity contribution >= 4 is 0 Å². The van der Waals surface area contributed by atoms with Gasteiger partial charge >= 0.3 is 0 Å². The predicted octanol–water partition coefficient (Wildman–Crippen LogP) is 3.17. The quantitative estimate of drug-likeness (QED) is 0.863. The molecule has 0 saturated carbocycles. The molecule has 0 fully saturated rings. The van der Waals surface area contributed by atoms with Crippen molar-refractivity contribution in [2.24, 2.45) is 0 Å². The molecular formula is C14H12F3NO. The van der Waals surface area contributed by atoms with E-state index in [0.717, 1.165) is 17.7 Å². The Hall–Kier alpha value is -1.88. The predicted molar refractivity (Wildman–Crippen MR) is 63.8 cm³/mol. The number of aliphatic hydroxyl groups excluding tert-OH is 1. The van der Waals surface area contributed by atoms with E-state index in [2.05, 4.69) is 4.98 Å². The first kappa shape index (κ1) is 13.5. The minimum absolute atomic E-state index is 0.214. The Balaban J connectivity index is 2.08. The summed E-state index contributed by atoms with van der Waals surface area (Å²) in [5, 5.41) is 9.83. The van der Waals surface area contributed by atoms with Gasteiger partial charge in [0, 0.05) is 18.0 Å². The Morgan fingerprint density at radius 1 is 1.00 bits per heavy atom. The van der Waals surface area contributed by atoms with Crippen LogP contribution in [0.5, 0.6) is 0 Å². The molecule has 2 nitrogen and oxygen atoms in total. The van der Waals surface area contributed by atoms with Gasteiger partial charge in [0.05, 0.1) is 6.10 Å². The molecule has 0 amide bonds. The van der Waals surface area contributed by atoms with E-state index in [1.807, 2.05) is 0 Å². The Morgan fingerprint density at radius 2 is 1.68 bits per heavy atom. The van der Waals surface area contributed by atoms with E-state index in [-0.39, 0.29) is 12.0 Å². The lowest BCUT2D eigenvalue weighted by molar-refractivity contribution is 0.161. The summed E-state index contributed by atoms with van der Waals surface area (Å²) >= 11 is 0. The molecule has 1 unspecified atom stereocenters. The van der Waals surface area contributed by atoms with Crippen LogP contribution in [0.3, 0.4) is 0 Å². The number of aryl methyl sites for hydroxylation is 1. The van der Waals surface area contributed by atoms with Gasteiger partial charge in [-0.25, -0.2) is 13.2 Å². The number of halogens is 3. The van der Waals surface area contributed by atoms with Crippen LogP contribution in [-0.2, 0) is 6.42 Å². The van der Waals surface area contributed by atoms with E-state index in [4.69, 9.17) is 0 Å². The number of aromatic nitrogens is 1. The normalized spacial score (nSPS) is 12.4. The summed E-state index contributed by atoms with van der Waals surface area (Å²) in [7, 11) is 0. The first-order valence-corrected chi connectivity index (χ1v) is 5.80. The molecule has 5 heteroatoms. The van der Waals surface area contributed by atoms with Crippen LogP contribution >= 0.6 is 0 Å². The maximum Gasteiger partial charge on any atom is 0.194 e.